The van der Waals surface area contributed by atoms with Crippen molar-refractivity contribution in [3.05, 3.63) is 65.9 Å². The molecule has 0 spiro atoms. The van der Waals surface area contributed by atoms with Crippen molar-refractivity contribution in [2.45, 2.75) is 90.5 Å². The lowest BCUT2D eigenvalue weighted by Crippen LogP contribution is -2.40. The van der Waals surface area contributed by atoms with Crippen molar-refractivity contribution in [1.29, 1.82) is 0 Å². The lowest BCUT2D eigenvalue weighted by molar-refractivity contribution is -0.121. The van der Waals surface area contributed by atoms with Crippen molar-refractivity contribution in [2.24, 2.45) is 0 Å². The number of carbonyl (C=O) groups excluding carboxylic acids is 4. The summed E-state index contributed by atoms with van der Waals surface area (Å²) in [5.41, 5.74) is 2.20. The molecule has 0 unspecified atom stereocenters. The zero-order valence-electron chi connectivity index (χ0n) is 29.2. The summed E-state index contributed by atoms with van der Waals surface area (Å²) in [7, 11) is 0. The van der Waals surface area contributed by atoms with E-state index in [9.17, 15) is 19.2 Å². The summed E-state index contributed by atoms with van der Waals surface area (Å²) in [5.74, 6) is 0.848. The Bertz CT molecular complexity index is 1520. The second-order valence-electron chi connectivity index (χ2n) is 14.7. The Kier molecular flexibility index (Phi) is 10.6. The third-order valence-electron chi connectivity index (χ3n) is 8.08. The molecule has 1 aromatic heterocycles. The van der Waals surface area contributed by atoms with Crippen LogP contribution in [0.5, 0.6) is 0 Å². The molecule has 2 aromatic carbocycles. The number of nitrogens with zero attached hydrogens (tertiary/aromatic N) is 3. The fourth-order valence-electron chi connectivity index (χ4n) is 5.76. The molecule has 262 valence electrons. The standard InChI is InChI=1S/C37H47N5O7/c1-36(2,3)48-34(45)41-17-15-28(22-41)39-31(43)19-24-7-11-26(12-8-24)30-21-38-33(47-30)27-13-9-25(10-14-27)20-32(44)40-29-16-18-42(23-29)35(46)49-37(4,5)6/h7-14,21,28-29H,15-20,22-23H2,1-6H3,(H,39,43)(H,40,44)/t28-,29-/m1/s1. The third-order valence-corrected chi connectivity index (χ3v) is 8.08. The summed E-state index contributed by atoms with van der Waals surface area (Å²) < 4.78 is 16.9. The SMILES string of the molecule is CC(C)(C)OC(=O)N1CC[C@@H](NC(=O)Cc2ccc(-c3cnc(-c4ccc(CC(=O)N[C@@H]5CCN(C(=O)OC(C)(C)C)C5)cc4)o3)cc2)C1. The number of aromatic nitrogens is 1. The van der Waals surface area contributed by atoms with Crippen molar-refractivity contribution in [1.82, 2.24) is 25.4 Å². The van der Waals surface area contributed by atoms with E-state index in [2.05, 4.69) is 15.6 Å². The summed E-state index contributed by atoms with van der Waals surface area (Å²) in [6.07, 6.45) is 2.76. The van der Waals surface area contributed by atoms with Crippen LogP contribution < -0.4 is 10.6 Å². The number of hydrogen-bond acceptors (Lipinski definition) is 8. The maximum Gasteiger partial charge on any atom is 0.410 e. The molecule has 5 rings (SSSR count). The van der Waals surface area contributed by atoms with Gasteiger partial charge < -0.3 is 34.3 Å². The van der Waals surface area contributed by atoms with Crippen LogP contribution in [0.3, 0.4) is 0 Å². The summed E-state index contributed by atoms with van der Waals surface area (Å²) in [4.78, 5) is 57.7. The molecule has 3 aromatic rings. The third kappa shape index (κ3) is 10.3. The van der Waals surface area contributed by atoms with E-state index >= 15 is 0 Å². The number of oxazole rings is 1. The molecule has 4 amide bonds. The minimum atomic E-state index is -0.558. The minimum absolute atomic E-state index is 0.102. The number of nitrogens with one attached hydrogen (secondary N) is 2. The molecule has 2 saturated heterocycles. The van der Waals surface area contributed by atoms with E-state index in [0.717, 1.165) is 22.3 Å². The second kappa shape index (κ2) is 14.7. The van der Waals surface area contributed by atoms with Gasteiger partial charge in [-0.25, -0.2) is 14.6 Å². The molecule has 2 fully saturated rings. The Balaban J connectivity index is 1.07. The second-order valence-corrected chi connectivity index (χ2v) is 14.7. The molecule has 12 heteroatoms. The molecule has 2 atom stereocenters. The highest BCUT2D eigenvalue weighted by atomic mass is 16.6. The van der Waals surface area contributed by atoms with E-state index in [1.807, 2.05) is 90.1 Å². The Morgan fingerprint density at radius 2 is 1.14 bits per heavy atom. The van der Waals surface area contributed by atoms with E-state index < -0.39 is 11.2 Å². The summed E-state index contributed by atoms with van der Waals surface area (Å²) in [6, 6.07) is 14.9. The van der Waals surface area contributed by atoms with Crippen LogP contribution >= 0.6 is 0 Å². The highest BCUT2D eigenvalue weighted by molar-refractivity contribution is 5.80. The van der Waals surface area contributed by atoms with Crippen LogP contribution in [0, 0.1) is 0 Å². The number of ether oxygens (including phenoxy) is 2. The van der Waals surface area contributed by atoms with Crippen molar-refractivity contribution in [2.75, 3.05) is 26.2 Å². The smallest absolute Gasteiger partial charge is 0.410 e. The van der Waals surface area contributed by atoms with Gasteiger partial charge in [0.05, 0.1) is 19.0 Å². The van der Waals surface area contributed by atoms with Gasteiger partial charge in [0.2, 0.25) is 17.7 Å². The molecule has 0 aliphatic carbocycles. The molecular weight excluding hydrogens is 626 g/mol. The van der Waals surface area contributed by atoms with Crippen molar-refractivity contribution in [3.8, 4) is 22.8 Å². The van der Waals surface area contributed by atoms with Crippen molar-refractivity contribution in [3.63, 3.8) is 0 Å². The normalized spacial score (nSPS) is 17.9. The molecule has 2 aliphatic rings. The quantitative estimate of drug-likeness (QED) is 0.326. The zero-order chi connectivity index (χ0) is 35.3. The van der Waals surface area contributed by atoms with Gasteiger partial charge in [-0.15, -0.1) is 0 Å². The van der Waals surface area contributed by atoms with Gasteiger partial charge in [-0.05, 0) is 77.6 Å². The highest BCUT2D eigenvalue weighted by Gasteiger charge is 2.32. The Labute approximate surface area is 287 Å². The summed E-state index contributed by atoms with van der Waals surface area (Å²) in [5, 5.41) is 6.05. The van der Waals surface area contributed by atoms with E-state index in [1.165, 1.54) is 0 Å². The van der Waals surface area contributed by atoms with Gasteiger partial charge in [0.15, 0.2) is 5.76 Å². The van der Waals surface area contributed by atoms with Crippen LogP contribution in [0.25, 0.3) is 22.8 Å². The van der Waals surface area contributed by atoms with Crippen LogP contribution in [0.1, 0.15) is 65.5 Å². The van der Waals surface area contributed by atoms with E-state index in [-0.39, 0.29) is 48.9 Å². The van der Waals surface area contributed by atoms with Crippen molar-refractivity contribution >= 4 is 24.0 Å². The van der Waals surface area contributed by atoms with Crippen LogP contribution in [0.4, 0.5) is 9.59 Å². The lowest BCUT2D eigenvalue weighted by atomic mass is 10.1. The first-order chi connectivity index (χ1) is 23.1. The van der Waals surface area contributed by atoms with Gasteiger partial charge >= 0.3 is 12.2 Å². The molecule has 49 heavy (non-hydrogen) atoms. The molecule has 0 saturated carbocycles. The highest BCUT2D eigenvalue weighted by Crippen LogP contribution is 2.27. The van der Waals surface area contributed by atoms with E-state index in [1.54, 1.807) is 16.0 Å². The summed E-state index contributed by atoms with van der Waals surface area (Å²) >= 11 is 0. The maximum atomic E-state index is 12.7. The number of amides is 4. The van der Waals surface area contributed by atoms with Gasteiger partial charge in [0.25, 0.3) is 0 Å². The largest absolute Gasteiger partial charge is 0.444 e. The Morgan fingerprint density at radius 3 is 1.57 bits per heavy atom. The number of carbonyl (C=O) groups is 4. The monoisotopic (exact) mass is 673 g/mol. The van der Waals surface area contributed by atoms with Crippen molar-refractivity contribution < 1.29 is 33.1 Å². The van der Waals surface area contributed by atoms with Gasteiger partial charge in [-0.2, -0.15) is 0 Å². The lowest BCUT2D eigenvalue weighted by Gasteiger charge is -2.24. The Hall–Kier alpha value is -4.87. The average Bonchev–Trinajstić information content (AvgIpc) is 3.78. The molecule has 2 aliphatic heterocycles. The zero-order valence-corrected chi connectivity index (χ0v) is 29.2. The molecular formula is C37H47N5O7. The van der Waals surface area contributed by atoms with Gasteiger partial charge in [0, 0.05) is 49.4 Å². The van der Waals surface area contributed by atoms with Crippen LogP contribution in [0.2, 0.25) is 0 Å². The molecule has 2 N–H and O–H groups in total. The fraction of sp³-hybridized carbons (Fsp3) is 0.486. The summed E-state index contributed by atoms with van der Waals surface area (Å²) in [6.45, 7) is 13.0. The fourth-order valence-corrected chi connectivity index (χ4v) is 5.76. The van der Waals surface area contributed by atoms with E-state index in [0.29, 0.717) is 50.7 Å². The van der Waals surface area contributed by atoms with Crippen LogP contribution in [-0.2, 0) is 31.9 Å². The Morgan fingerprint density at radius 1 is 0.714 bits per heavy atom. The van der Waals surface area contributed by atoms with E-state index in [4.69, 9.17) is 13.9 Å². The van der Waals surface area contributed by atoms with Gasteiger partial charge in [-0.3, -0.25) is 9.59 Å². The molecule has 0 radical (unpaired) electrons. The van der Waals surface area contributed by atoms with Crippen LogP contribution in [0.15, 0.2) is 59.1 Å². The first-order valence-corrected chi connectivity index (χ1v) is 16.8. The maximum absolute atomic E-state index is 12.7. The number of likely N-dealkylation sites (tertiary alicyclic amines) is 2. The molecule has 3 heterocycles. The molecule has 0 bridgehead atoms. The average molecular weight is 674 g/mol. The first kappa shape index (κ1) is 35.4. The minimum Gasteiger partial charge on any atom is -0.444 e. The predicted molar refractivity (Wildman–Crippen MR) is 183 cm³/mol. The van der Waals surface area contributed by atoms with Gasteiger partial charge in [-0.1, -0.05) is 36.4 Å². The van der Waals surface area contributed by atoms with Gasteiger partial charge in [0.1, 0.15) is 11.2 Å². The number of rotatable bonds is 8. The molecule has 12 nitrogen and oxygen atoms in total. The number of hydrogen-bond donors (Lipinski definition) is 2. The predicted octanol–water partition coefficient (Wildman–Crippen LogP) is 5.34. The first-order valence-electron chi connectivity index (χ1n) is 16.8. The topological polar surface area (TPSA) is 143 Å². The van der Waals surface area contributed by atoms with Crippen LogP contribution in [-0.4, -0.2) is 88.2 Å². The number of benzene rings is 2.